The van der Waals surface area contributed by atoms with E-state index in [0.29, 0.717) is 5.78 Å². The summed E-state index contributed by atoms with van der Waals surface area (Å²) in [6.45, 7) is 8.13. The minimum Gasteiger partial charge on any atom is -0.300 e. The van der Waals surface area contributed by atoms with E-state index in [1.165, 1.54) is 11.1 Å². The van der Waals surface area contributed by atoms with Gasteiger partial charge in [-0.2, -0.15) is 0 Å². The Labute approximate surface area is 114 Å². The van der Waals surface area contributed by atoms with Crippen LogP contribution in [-0.2, 0) is 10.2 Å². The lowest BCUT2D eigenvalue weighted by atomic mass is 9.67. The van der Waals surface area contributed by atoms with Crippen molar-refractivity contribution in [1.29, 1.82) is 0 Å². The molecule has 0 radical (unpaired) electrons. The van der Waals surface area contributed by atoms with E-state index in [-0.39, 0.29) is 11.3 Å². The van der Waals surface area contributed by atoms with Crippen molar-refractivity contribution in [2.75, 3.05) is 39.3 Å². The quantitative estimate of drug-likeness (QED) is 0.751. The molecule has 19 heavy (non-hydrogen) atoms. The second kappa shape index (κ2) is 3.90. The molecule has 100 valence electrons. The fourth-order valence-electron chi connectivity index (χ4n) is 4.16. The monoisotopic (exact) mass is 256 g/mol. The first-order chi connectivity index (χ1) is 9.17. The summed E-state index contributed by atoms with van der Waals surface area (Å²) >= 11 is 0. The van der Waals surface area contributed by atoms with Crippen LogP contribution in [0.2, 0.25) is 0 Å². The van der Waals surface area contributed by atoms with Gasteiger partial charge in [0.25, 0.3) is 0 Å². The van der Waals surface area contributed by atoms with Gasteiger partial charge in [0.15, 0.2) is 5.78 Å². The molecule has 4 aliphatic heterocycles. The lowest BCUT2D eigenvalue weighted by molar-refractivity contribution is -0.137. The smallest absolute Gasteiger partial charge is 0.151 e. The largest absolute Gasteiger partial charge is 0.300 e. The van der Waals surface area contributed by atoms with Gasteiger partial charge in [-0.3, -0.25) is 14.6 Å². The molecule has 2 atom stereocenters. The van der Waals surface area contributed by atoms with E-state index in [9.17, 15) is 4.79 Å². The van der Waals surface area contributed by atoms with Crippen molar-refractivity contribution in [3.8, 4) is 0 Å². The lowest BCUT2D eigenvalue weighted by Gasteiger charge is -2.48. The first-order valence-corrected chi connectivity index (χ1v) is 7.24. The first-order valence-electron chi connectivity index (χ1n) is 7.24. The third-order valence-corrected chi connectivity index (χ3v) is 5.12. The van der Waals surface area contributed by atoms with Gasteiger partial charge in [0, 0.05) is 45.2 Å². The van der Waals surface area contributed by atoms with E-state index in [0.717, 1.165) is 39.3 Å². The molecular weight excluding hydrogens is 236 g/mol. The summed E-state index contributed by atoms with van der Waals surface area (Å²) in [4.78, 5) is 17.9. The van der Waals surface area contributed by atoms with Crippen molar-refractivity contribution >= 4 is 5.78 Å². The van der Waals surface area contributed by atoms with Gasteiger partial charge in [-0.25, -0.2) is 0 Å². The normalized spacial score (nSPS) is 40.5. The standard InChI is InChI=1S/C16H20N2O/c1-12-2-4-14(5-3-12)16-10-17-6-7-18(11-16)9-13(8-17)15(16)19/h2-5,13H,6-11H2,1H3. The predicted octanol–water partition coefficient (Wildman–Crippen LogP) is 1.06. The molecule has 3 heteroatoms. The van der Waals surface area contributed by atoms with Crippen LogP contribution in [0.4, 0.5) is 0 Å². The van der Waals surface area contributed by atoms with Crippen LogP contribution in [0.5, 0.6) is 0 Å². The van der Waals surface area contributed by atoms with Crippen molar-refractivity contribution in [2.24, 2.45) is 5.92 Å². The minimum atomic E-state index is -0.259. The third kappa shape index (κ3) is 1.61. The number of rotatable bonds is 1. The van der Waals surface area contributed by atoms with Crippen LogP contribution in [0.1, 0.15) is 11.1 Å². The average Bonchev–Trinajstić information content (AvgIpc) is 2.64. The highest BCUT2D eigenvalue weighted by molar-refractivity contribution is 5.94. The summed E-state index contributed by atoms with van der Waals surface area (Å²) in [6, 6.07) is 8.62. The Balaban J connectivity index is 1.83. The molecule has 3 nitrogen and oxygen atoms in total. The molecule has 4 saturated heterocycles. The number of benzene rings is 1. The maximum Gasteiger partial charge on any atom is 0.151 e. The van der Waals surface area contributed by atoms with Crippen molar-refractivity contribution in [3.05, 3.63) is 35.4 Å². The highest BCUT2D eigenvalue weighted by Gasteiger charge is 2.54. The summed E-state index contributed by atoms with van der Waals surface area (Å²) in [5, 5.41) is 0. The molecule has 4 fully saturated rings. The SMILES string of the molecule is Cc1ccc(C23CN4CCN(CC(C4)C2=O)C3)cc1. The Bertz CT molecular complexity index is 506. The Morgan fingerprint density at radius 2 is 1.63 bits per heavy atom. The van der Waals surface area contributed by atoms with E-state index >= 15 is 0 Å². The number of carbonyl (C=O) groups excluding carboxylic acids is 1. The second-order valence-electron chi connectivity index (χ2n) is 6.48. The molecular formula is C16H20N2O. The van der Waals surface area contributed by atoms with Crippen molar-refractivity contribution in [2.45, 2.75) is 12.3 Å². The van der Waals surface area contributed by atoms with Crippen LogP contribution in [0, 0.1) is 12.8 Å². The average molecular weight is 256 g/mol. The summed E-state index contributed by atoms with van der Waals surface area (Å²) in [5.74, 6) is 0.719. The molecule has 4 aliphatic rings. The fraction of sp³-hybridized carbons (Fsp3) is 0.562. The summed E-state index contributed by atoms with van der Waals surface area (Å²) in [6.07, 6.45) is 0. The number of nitrogens with zero attached hydrogens (tertiary/aromatic N) is 2. The van der Waals surface area contributed by atoms with Gasteiger partial charge in [0.2, 0.25) is 0 Å². The maximum atomic E-state index is 12.9. The van der Waals surface area contributed by atoms with E-state index in [1.807, 2.05) is 0 Å². The molecule has 0 N–H and O–H groups in total. The van der Waals surface area contributed by atoms with Gasteiger partial charge in [0.05, 0.1) is 5.41 Å². The van der Waals surface area contributed by atoms with Crippen LogP contribution < -0.4 is 0 Å². The second-order valence-corrected chi connectivity index (χ2v) is 6.48. The number of Topliss-reactive ketones (excluding diaryl/α,β-unsaturated/α-hetero) is 1. The number of aryl methyl sites for hydroxylation is 1. The molecule has 0 aromatic heterocycles. The molecule has 0 spiro atoms. The van der Waals surface area contributed by atoms with Crippen LogP contribution >= 0.6 is 0 Å². The summed E-state index contributed by atoms with van der Waals surface area (Å²) < 4.78 is 0. The van der Waals surface area contributed by atoms with Crippen molar-refractivity contribution in [3.63, 3.8) is 0 Å². The zero-order valence-corrected chi connectivity index (χ0v) is 11.4. The van der Waals surface area contributed by atoms with Crippen LogP contribution in [0.3, 0.4) is 0 Å². The topological polar surface area (TPSA) is 23.6 Å². The van der Waals surface area contributed by atoms with Gasteiger partial charge < -0.3 is 0 Å². The highest BCUT2D eigenvalue weighted by atomic mass is 16.1. The van der Waals surface area contributed by atoms with Gasteiger partial charge in [0.1, 0.15) is 0 Å². The molecule has 0 amide bonds. The molecule has 5 rings (SSSR count). The van der Waals surface area contributed by atoms with Crippen molar-refractivity contribution < 1.29 is 4.79 Å². The maximum absolute atomic E-state index is 12.9. The zero-order chi connectivity index (χ0) is 13.0. The number of ketones is 1. The summed E-state index contributed by atoms with van der Waals surface area (Å²) in [5.41, 5.74) is 2.23. The Morgan fingerprint density at radius 3 is 2.21 bits per heavy atom. The number of hydrogen-bond acceptors (Lipinski definition) is 3. The number of piperidine rings is 2. The van der Waals surface area contributed by atoms with E-state index in [1.54, 1.807) is 0 Å². The fourth-order valence-corrected chi connectivity index (χ4v) is 4.16. The van der Waals surface area contributed by atoms with Gasteiger partial charge in [-0.15, -0.1) is 0 Å². The molecule has 4 bridgehead atoms. The number of hydrogen-bond donors (Lipinski definition) is 0. The number of fused-ring (bicyclic) bond motifs is 1. The van der Waals surface area contributed by atoms with E-state index in [2.05, 4.69) is 41.0 Å². The lowest BCUT2D eigenvalue weighted by Crippen LogP contribution is -2.63. The third-order valence-electron chi connectivity index (χ3n) is 5.12. The van der Waals surface area contributed by atoms with E-state index in [4.69, 9.17) is 0 Å². The molecule has 2 unspecified atom stereocenters. The van der Waals surface area contributed by atoms with E-state index < -0.39 is 0 Å². The van der Waals surface area contributed by atoms with Crippen molar-refractivity contribution in [1.82, 2.24) is 9.80 Å². The zero-order valence-electron chi connectivity index (χ0n) is 11.4. The highest BCUT2D eigenvalue weighted by Crippen LogP contribution is 2.40. The molecule has 0 aliphatic carbocycles. The first kappa shape index (κ1) is 11.6. The predicted molar refractivity (Wildman–Crippen MR) is 74.2 cm³/mol. The summed E-state index contributed by atoms with van der Waals surface area (Å²) in [7, 11) is 0. The van der Waals surface area contributed by atoms with Crippen LogP contribution in [0.25, 0.3) is 0 Å². The molecule has 4 heterocycles. The van der Waals surface area contributed by atoms with Gasteiger partial charge >= 0.3 is 0 Å². The van der Waals surface area contributed by atoms with Crippen LogP contribution in [0.15, 0.2) is 24.3 Å². The molecule has 1 aromatic rings. The van der Waals surface area contributed by atoms with Gasteiger partial charge in [-0.05, 0) is 12.5 Å². The number of carbonyl (C=O) groups is 1. The van der Waals surface area contributed by atoms with Crippen LogP contribution in [-0.4, -0.2) is 54.9 Å². The minimum absolute atomic E-state index is 0.228. The van der Waals surface area contributed by atoms with Gasteiger partial charge in [-0.1, -0.05) is 29.8 Å². The Morgan fingerprint density at radius 1 is 1.05 bits per heavy atom. The molecule has 0 saturated carbocycles. The Kier molecular flexibility index (Phi) is 2.39. The Hall–Kier alpha value is -1.19. The molecule has 1 aromatic carbocycles.